The first kappa shape index (κ1) is 24.6. The topological polar surface area (TPSA) is 0 Å². The van der Waals surface area contributed by atoms with E-state index in [0.29, 0.717) is 11.8 Å². The van der Waals surface area contributed by atoms with Crippen LogP contribution in [0.15, 0.2) is 121 Å². The Morgan fingerprint density at radius 1 is 0.300 bits per heavy atom. The fourth-order valence-electron chi connectivity index (χ4n) is 6.80. The van der Waals surface area contributed by atoms with Gasteiger partial charge in [-0.05, 0) is 88.3 Å². The van der Waals surface area contributed by atoms with E-state index in [-0.39, 0.29) is 0 Å². The van der Waals surface area contributed by atoms with Crippen molar-refractivity contribution in [2.24, 2.45) is 0 Å². The van der Waals surface area contributed by atoms with Crippen molar-refractivity contribution in [2.75, 3.05) is 0 Å². The van der Waals surface area contributed by atoms with Gasteiger partial charge in [-0.25, -0.2) is 0 Å². The molecule has 0 heterocycles. The summed E-state index contributed by atoms with van der Waals surface area (Å²) in [7, 11) is 0. The molecular weight excluding hydrogens is 480 g/mol. The third-order valence-electron chi connectivity index (χ3n) is 8.63. The second kappa shape index (κ2) is 9.65. The molecule has 0 aliphatic heterocycles. The largest absolute Gasteiger partial charge is 0.0616 e. The lowest BCUT2D eigenvalue weighted by molar-refractivity contribution is 0.876. The summed E-state index contributed by atoms with van der Waals surface area (Å²) >= 11 is 0. The summed E-state index contributed by atoms with van der Waals surface area (Å²) in [5, 5.41) is 10.6. The number of hydrogen-bond donors (Lipinski definition) is 0. The normalized spacial score (nSPS) is 11.9. The Hall–Kier alpha value is -4.42. The summed E-state index contributed by atoms with van der Waals surface area (Å²) in [5.41, 5.74) is 8.06. The highest BCUT2D eigenvalue weighted by Gasteiger charge is 2.20. The van der Waals surface area contributed by atoms with Crippen molar-refractivity contribution in [1.82, 2.24) is 0 Å². The van der Waals surface area contributed by atoms with E-state index < -0.39 is 0 Å². The third-order valence-corrected chi connectivity index (χ3v) is 8.63. The highest BCUT2D eigenvalue weighted by Crippen LogP contribution is 2.47. The lowest BCUT2D eigenvalue weighted by Crippen LogP contribution is -1.95. The van der Waals surface area contributed by atoms with Gasteiger partial charge >= 0.3 is 0 Å². The molecule has 7 aromatic rings. The number of rotatable bonds is 4. The molecule has 0 aliphatic rings. The van der Waals surface area contributed by atoms with Gasteiger partial charge in [0.15, 0.2) is 0 Å². The molecule has 0 heteroatoms. The molecule has 0 saturated carbocycles. The molecule has 0 saturated heterocycles. The van der Waals surface area contributed by atoms with Crippen LogP contribution in [0, 0.1) is 0 Å². The van der Waals surface area contributed by atoms with E-state index in [9.17, 15) is 0 Å². The molecule has 0 radical (unpaired) electrons. The molecule has 0 nitrogen and oxygen atoms in total. The van der Waals surface area contributed by atoms with Gasteiger partial charge in [0.05, 0.1) is 0 Å². The van der Waals surface area contributed by atoms with Crippen molar-refractivity contribution in [3.63, 3.8) is 0 Å². The van der Waals surface area contributed by atoms with Crippen molar-refractivity contribution in [3.05, 3.63) is 132 Å². The fraction of sp³-hybridized carbons (Fsp3) is 0.150. The molecule has 7 rings (SSSR count). The molecule has 0 N–H and O–H groups in total. The molecule has 0 unspecified atom stereocenters. The van der Waals surface area contributed by atoms with E-state index in [1.165, 1.54) is 76.5 Å². The van der Waals surface area contributed by atoms with Crippen molar-refractivity contribution in [2.45, 2.75) is 39.5 Å². The molecule has 0 amide bonds. The summed E-state index contributed by atoms with van der Waals surface area (Å²) < 4.78 is 0. The molecule has 0 spiro atoms. The maximum Gasteiger partial charge on any atom is -0.00201 e. The highest BCUT2D eigenvalue weighted by molar-refractivity contribution is 6.25. The number of fused-ring (bicyclic) bond motifs is 4. The van der Waals surface area contributed by atoms with Crippen LogP contribution in [-0.4, -0.2) is 0 Å². The molecular formula is C40H34. The zero-order chi connectivity index (χ0) is 27.4. The Balaban J connectivity index is 1.64. The van der Waals surface area contributed by atoms with Crippen LogP contribution in [0.4, 0.5) is 0 Å². The van der Waals surface area contributed by atoms with Gasteiger partial charge in [-0.15, -0.1) is 0 Å². The van der Waals surface area contributed by atoms with Crippen LogP contribution in [0.1, 0.15) is 50.7 Å². The minimum absolute atomic E-state index is 0.469. The molecule has 40 heavy (non-hydrogen) atoms. The van der Waals surface area contributed by atoms with Crippen LogP contribution in [0.25, 0.3) is 65.3 Å². The van der Waals surface area contributed by atoms with Crippen molar-refractivity contribution in [1.29, 1.82) is 0 Å². The number of hydrogen-bond acceptors (Lipinski definition) is 0. The van der Waals surface area contributed by atoms with Crippen LogP contribution in [-0.2, 0) is 0 Å². The van der Waals surface area contributed by atoms with Crippen LogP contribution >= 0.6 is 0 Å². The zero-order valence-corrected chi connectivity index (χ0v) is 23.7. The van der Waals surface area contributed by atoms with E-state index in [4.69, 9.17) is 0 Å². The molecule has 7 aromatic carbocycles. The predicted molar refractivity (Wildman–Crippen MR) is 176 cm³/mol. The molecule has 0 bridgehead atoms. The van der Waals surface area contributed by atoms with Crippen LogP contribution in [0.2, 0.25) is 0 Å². The monoisotopic (exact) mass is 514 g/mol. The Bertz CT molecular complexity index is 1850. The summed E-state index contributed by atoms with van der Waals surface area (Å²) in [4.78, 5) is 0. The van der Waals surface area contributed by atoms with Gasteiger partial charge in [0, 0.05) is 0 Å². The average molecular weight is 515 g/mol. The van der Waals surface area contributed by atoms with Gasteiger partial charge < -0.3 is 0 Å². The van der Waals surface area contributed by atoms with Gasteiger partial charge in [0.1, 0.15) is 0 Å². The summed E-state index contributed by atoms with van der Waals surface area (Å²) in [6, 6.07) is 45.3. The second-order valence-corrected chi connectivity index (χ2v) is 11.6. The van der Waals surface area contributed by atoms with E-state index in [1.807, 2.05) is 0 Å². The van der Waals surface area contributed by atoms with Gasteiger partial charge in [0.25, 0.3) is 0 Å². The maximum atomic E-state index is 2.36. The van der Waals surface area contributed by atoms with E-state index in [0.717, 1.165) is 0 Å². The minimum atomic E-state index is 0.469. The molecule has 0 fully saturated rings. The SMILES string of the molecule is CC(C)c1ccc(-c2c3ccccc3c(-c3ccc(C(C)C)c4ccccc34)c3ccccc23)c2ccccc12. The standard InChI is InChI=1S/C40H34/c1-25(2)27-21-23-37(31-15-7-5-13-29(27)31)39-33-17-9-11-19-35(33)40(36-20-12-10-18-34(36)39)38-24-22-28(26(3)4)30-14-6-8-16-32(30)38/h5-26H,1-4H3. The van der Waals surface area contributed by atoms with Crippen LogP contribution < -0.4 is 0 Å². The minimum Gasteiger partial charge on any atom is -0.0616 e. The number of benzene rings is 7. The summed E-state index contributed by atoms with van der Waals surface area (Å²) in [6.07, 6.45) is 0. The maximum absolute atomic E-state index is 2.36. The van der Waals surface area contributed by atoms with E-state index in [2.05, 4.69) is 149 Å². The van der Waals surface area contributed by atoms with Crippen LogP contribution in [0.5, 0.6) is 0 Å². The second-order valence-electron chi connectivity index (χ2n) is 11.6. The first-order chi connectivity index (χ1) is 19.5. The molecule has 194 valence electrons. The lowest BCUT2D eigenvalue weighted by Gasteiger charge is -2.21. The van der Waals surface area contributed by atoms with Crippen molar-refractivity contribution in [3.8, 4) is 22.3 Å². The Labute approximate surface area is 236 Å². The summed E-state index contributed by atoms with van der Waals surface area (Å²) in [6.45, 7) is 9.15. The quantitative estimate of drug-likeness (QED) is 0.205. The van der Waals surface area contributed by atoms with Gasteiger partial charge in [-0.1, -0.05) is 149 Å². The fourth-order valence-corrected chi connectivity index (χ4v) is 6.80. The highest BCUT2D eigenvalue weighted by atomic mass is 14.2. The smallest absolute Gasteiger partial charge is 0.00201 e. The molecule has 0 atom stereocenters. The first-order valence-electron chi connectivity index (χ1n) is 14.5. The van der Waals surface area contributed by atoms with Crippen molar-refractivity contribution < 1.29 is 0 Å². The van der Waals surface area contributed by atoms with Gasteiger partial charge in [-0.3, -0.25) is 0 Å². The van der Waals surface area contributed by atoms with Gasteiger partial charge in [0.2, 0.25) is 0 Å². The Morgan fingerprint density at radius 2 is 0.575 bits per heavy atom. The predicted octanol–water partition coefficient (Wildman–Crippen LogP) is 11.9. The summed E-state index contributed by atoms with van der Waals surface area (Å²) in [5.74, 6) is 0.939. The lowest BCUT2D eigenvalue weighted by atomic mass is 9.82. The third kappa shape index (κ3) is 3.74. The Morgan fingerprint density at radius 3 is 0.875 bits per heavy atom. The molecule has 0 aliphatic carbocycles. The zero-order valence-electron chi connectivity index (χ0n) is 23.7. The van der Waals surface area contributed by atoms with Crippen molar-refractivity contribution >= 4 is 43.1 Å². The van der Waals surface area contributed by atoms with E-state index in [1.54, 1.807) is 0 Å². The Kier molecular flexibility index (Phi) is 5.93. The van der Waals surface area contributed by atoms with Crippen LogP contribution in [0.3, 0.4) is 0 Å². The van der Waals surface area contributed by atoms with E-state index >= 15 is 0 Å². The van der Waals surface area contributed by atoms with Gasteiger partial charge in [-0.2, -0.15) is 0 Å². The first-order valence-corrected chi connectivity index (χ1v) is 14.5. The average Bonchev–Trinajstić information content (AvgIpc) is 2.99. The molecule has 0 aromatic heterocycles.